The molecule has 134 valence electrons. The minimum Gasteiger partial charge on any atom is -0.308 e. The number of nitrogens with one attached hydrogen (secondary N) is 2. The number of nitrogens with zero attached hydrogens (tertiary/aromatic N) is 2. The van der Waals surface area contributed by atoms with Gasteiger partial charge in [-0.25, -0.2) is 9.78 Å². The maximum absolute atomic E-state index is 12.5. The number of aromatic nitrogens is 2. The van der Waals surface area contributed by atoms with Gasteiger partial charge < -0.3 is 15.0 Å². The molecule has 0 bridgehead atoms. The highest BCUT2D eigenvalue weighted by Gasteiger charge is 2.12. The third-order valence-corrected chi connectivity index (χ3v) is 4.41. The van der Waals surface area contributed by atoms with Crippen LogP contribution >= 0.6 is 0 Å². The fraction of sp³-hybridized carbons (Fsp3) is 0.0909. The molecule has 0 aliphatic heterocycles. The minimum atomic E-state index is -0.284. The quantitative estimate of drug-likeness (QED) is 0.526. The number of carbonyl (C=O) groups is 1. The smallest absolute Gasteiger partial charge is 0.308 e. The van der Waals surface area contributed by atoms with Crippen LogP contribution in [0.25, 0.3) is 16.9 Å². The van der Waals surface area contributed by atoms with E-state index in [4.69, 9.17) is 4.98 Å². The lowest BCUT2D eigenvalue weighted by Gasteiger charge is -2.11. The van der Waals surface area contributed by atoms with Crippen LogP contribution in [-0.2, 0) is 0 Å². The number of para-hydroxylation sites is 1. The van der Waals surface area contributed by atoms with Crippen LogP contribution in [0.3, 0.4) is 0 Å². The number of anilines is 2. The van der Waals surface area contributed by atoms with Crippen molar-refractivity contribution in [1.82, 2.24) is 9.38 Å². The maximum atomic E-state index is 12.5. The normalized spacial score (nSPS) is 10.7. The molecule has 0 spiro atoms. The molecule has 0 fully saturated rings. The van der Waals surface area contributed by atoms with Gasteiger partial charge in [-0.3, -0.25) is 0 Å². The van der Waals surface area contributed by atoms with Gasteiger partial charge in [0, 0.05) is 23.6 Å². The number of pyridine rings is 1. The van der Waals surface area contributed by atoms with E-state index in [0.29, 0.717) is 5.69 Å². The molecule has 2 amide bonds. The van der Waals surface area contributed by atoms with Crippen molar-refractivity contribution in [3.63, 3.8) is 0 Å². The van der Waals surface area contributed by atoms with Gasteiger partial charge in [-0.1, -0.05) is 36.4 Å². The molecule has 2 aromatic carbocycles. The molecule has 0 aliphatic carbocycles. The number of rotatable bonds is 3. The molecule has 0 aliphatic rings. The first-order valence-corrected chi connectivity index (χ1v) is 8.78. The zero-order chi connectivity index (χ0) is 18.8. The summed E-state index contributed by atoms with van der Waals surface area (Å²) in [5.74, 6) is 0. The van der Waals surface area contributed by atoms with Crippen molar-refractivity contribution in [2.24, 2.45) is 0 Å². The second-order valence-electron chi connectivity index (χ2n) is 6.54. The van der Waals surface area contributed by atoms with Crippen LogP contribution in [0.5, 0.6) is 0 Å². The second kappa shape index (κ2) is 6.96. The van der Waals surface area contributed by atoms with E-state index in [2.05, 4.69) is 10.6 Å². The average Bonchev–Trinajstić information content (AvgIpc) is 3.07. The van der Waals surface area contributed by atoms with E-state index in [1.807, 2.05) is 91.3 Å². The standard InChI is InChI=1S/C22H20N4O/c1-15-7-5-9-17(13-15)23-22(27)25-19-11-4-3-10-18(19)20-14-26-12-6-8-16(2)21(26)24-20/h3-14H,1-2H3,(H2,23,25,27). The van der Waals surface area contributed by atoms with Gasteiger partial charge in [-0.05, 0) is 49.2 Å². The van der Waals surface area contributed by atoms with Gasteiger partial charge in [0.15, 0.2) is 0 Å². The van der Waals surface area contributed by atoms with Gasteiger partial charge in [-0.15, -0.1) is 0 Å². The third kappa shape index (κ3) is 3.53. The lowest BCUT2D eigenvalue weighted by Crippen LogP contribution is -2.19. The molecular weight excluding hydrogens is 336 g/mol. The first kappa shape index (κ1) is 16.8. The van der Waals surface area contributed by atoms with Gasteiger partial charge in [0.1, 0.15) is 5.65 Å². The van der Waals surface area contributed by atoms with Crippen molar-refractivity contribution in [1.29, 1.82) is 0 Å². The van der Waals surface area contributed by atoms with Crippen LogP contribution < -0.4 is 10.6 Å². The fourth-order valence-electron chi connectivity index (χ4n) is 3.11. The van der Waals surface area contributed by atoms with E-state index < -0.39 is 0 Å². The SMILES string of the molecule is Cc1cccc(NC(=O)Nc2ccccc2-c2cn3cccc(C)c3n2)c1. The van der Waals surface area contributed by atoms with Crippen LogP contribution in [0, 0.1) is 13.8 Å². The summed E-state index contributed by atoms with van der Waals surface area (Å²) >= 11 is 0. The Bertz CT molecular complexity index is 1130. The van der Waals surface area contributed by atoms with E-state index in [1.54, 1.807) is 0 Å². The molecule has 4 aromatic rings. The minimum absolute atomic E-state index is 0.284. The van der Waals surface area contributed by atoms with Crippen molar-refractivity contribution in [2.75, 3.05) is 10.6 Å². The molecule has 27 heavy (non-hydrogen) atoms. The van der Waals surface area contributed by atoms with Crippen LogP contribution in [0.1, 0.15) is 11.1 Å². The van der Waals surface area contributed by atoms with Crippen molar-refractivity contribution in [3.05, 3.63) is 84.2 Å². The number of aryl methyl sites for hydroxylation is 2. The predicted octanol–water partition coefficient (Wildman–Crippen LogP) is 5.26. The van der Waals surface area contributed by atoms with Gasteiger partial charge >= 0.3 is 6.03 Å². The van der Waals surface area contributed by atoms with E-state index in [9.17, 15) is 4.79 Å². The molecule has 2 heterocycles. The summed E-state index contributed by atoms with van der Waals surface area (Å²) in [4.78, 5) is 17.2. The zero-order valence-electron chi connectivity index (χ0n) is 15.2. The average molecular weight is 356 g/mol. The zero-order valence-corrected chi connectivity index (χ0v) is 15.2. The molecule has 0 unspecified atom stereocenters. The summed E-state index contributed by atoms with van der Waals surface area (Å²) in [6.45, 7) is 4.02. The Morgan fingerprint density at radius 3 is 2.63 bits per heavy atom. The van der Waals surface area contributed by atoms with E-state index in [0.717, 1.165) is 33.7 Å². The topological polar surface area (TPSA) is 58.4 Å². The Labute approximate surface area is 157 Å². The summed E-state index contributed by atoms with van der Waals surface area (Å²) in [6, 6.07) is 19.1. The number of hydrogen-bond donors (Lipinski definition) is 2. The monoisotopic (exact) mass is 356 g/mol. The maximum Gasteiger partial charge on any atom is 0.323 e. The molecule has 5 heteroatoms. The second-order valence-corrected chi connectivity index (χ2v) is 6.54. The third-order valence-electron chi connectivity index (χ3n) is 4.41. The highest BCUT2D eigenvalue weighted by Crippen LogP contribution is 2.28. The number of imidazole rings is 1. The highest BCUT2D eigenvalue weighted by atomic mass is 16.2. The van der Waals surface area contributed by atoms with E-state index in [1.165, 1.54) is 0 Å². The van der Waals surface area contributed by atoms with Gasteiger partial charge in [0.25, 0.3) is 0 Å². The number of hydrogen-bond acceptors (Lipinski definition) is 2. The lowest BCUT2D eigenvalue weighted by molar-refractivity contribution is 0.262. The van der Waals surface area contributed by atoms with Crippen LogP contribution in [0.15, 0.2) is 73.1 Å². The molecule has 0 radical (unpaired) electrons. The van der Waals surface area contributed by atoms with Crippen molar-refractivity contribution in [3.8, 4) is 11.3 Å². The molecule has 0 saturated heterocycles. The first-order chi connectivity index (χ1) is 13.1. The molecular formula is C22H20N4O. The fourth-order valence-corrected chi connectivity index (χ4v) is 3.11. The summed E-state index contributed by atoms with van der Waals surface area (Å²) in [7, 11) is 0. The van der Waals surface area contributed by atoms with Crippen LogP contribution in [-0.4, -0.2) is 15.4 Å². The number of fused-ring (bicyclic) bond motifs is 1. The summed E-state index contributed by atoms with van der Waals surface area (Å²) < 4.78 is 1.99. The predicted molar refractivity (Wildman–Crippen MR) is 109 cm³/mol. The van der Waals surface area contributed by atoms with Crippen molar-refractivity contribution < 1.29 is 4.79 Å². The van der Waals surface area contributed by atoms with E-state index >= 15 is 0 Å². The number of carbonyl (C=O) groups excluding carboxylic acids is 1. The van der Waals surface area contributed by atoms with Crippen LogP contribution in [0.4, 0.5) is 16.2 Å². The molecule has 4 rings (SSSR count). The largest absolute Gasteiger partial charge is 0.323 e. The van der Waals surface area contributed by atoms with Crippen LogP contribution in [0.2, 0.25) is 0 Å². The Morgan fingerprint density at radius 1 is 0.963 bits per heavy atom. The Balaban J connectivity index is 1.62. The molecule has 2 aromatic heterocycles. The Kier molecular flexibility index (Phi) is 4.34. The summed E-state index contributed by atoms with van der Waals surface area (Å²) in [5, 5.41) is 5.81. The molecule has 0 atom stereocenters. The van der Waals surface area contributed by atoms with Crippen molar-refractivity contribution >= 4 is 23.1 Å². The summed E-state index contributed by atoms with van der Waals surface area (Å²) in [6.07, 6.45) is 3.95. The molecule has 2 N–H and O–H groups in total. The number of urea groups is 1. The van der Waals surface area contributed by atoms with Crippen molar-refractivity contribution in [2.45, 2.75) is 13.8 Å². The van der Waals surface area contributed by atoms with Gasteiger partial charge in [0.05, 0.1) is 11.4 Å². The first-order valence-electron chi connectivity index (χ1n) is 8.78. The molecule has 0 saturated carbocycles. The van der Waals surface area contributed by atoms with Gasteiger partial charge in [-0.2, -0.15) is 0 Å². The number of benzene rings is 2. The number of amides is 2. The summed E-state index contributed by atoms with van der Waals surface area (Å²) in [5.41, 5.74) is 6.26. The lowest BCUT2D eigenvalue weighted by atomic mass is 10.1. The Morgan fingerprint density at radius 2 is 1.81 bits per heavy atom. The Hall–Kier alpha value is -3.60. The van der Waals surface area contributed by atoms with E-state index in [-0.39, 0.29) is 6.03 Å². The highest BCUT2D eigenvalue weighted by molar-refractivity contribution is 6.02. The van der Waals surface area contributed by atoms with Gasteiger partial charge in [0.2, 0.25) is 0 Å². The molecule has 5 nitrogen and oxygen atoms in total.